The van der Waals surface area contributed by atoms with Gasteiger partial charge in [-0.15, -0.1) is 0 Å². The van der Waals surface area contributed by atoms with Crippen molar-refractivity contribution in [1.82, 2.24) is 0 Å². The van der Waals surface area contributed by atoms with Crippen LogP contribution in [0.1, 0.15) is 19.3 Å². The highest BCUT2D eigenvalue weighted by atomic mass is 16.6. The van der Waals surface area contributed by atoms with E-state index in [9.17, 15) is 4.79 Å². The van der Waals surface area contributed by atoms with Gasteiger partial charge in [0, 0.05) is 0 Å². The van der Waals surface area contributed by atoms with Gasteiger partial charge >= 0.3 is 5.97 Å². The van der Waals surface area contributed by atoms with Gasteiger partial charge in [-0.05, 0) is 31.1 Å². The summed E-state index contributed by atoms with van der Waals surface area (Å²) in [7, 11) is 0. The summed E-state index contributed by atoms with van der Waals surface area (Å²) in [5.74, 6) is 1.86. The second kappa shape index (κ2) is 1.39. The molecule has 0 amide bonds. The molecule has 0 aromatic carbocycles. The molecule has 1 aliphatic heterocycles. The van der Waals surface area contributed by atoms with E-state index in [0.717, 1.165) is 5.92 Å². The number of hydrogen-bond acceptors (Lipinski definition) is 2. The highest BCUT2D eigenvalue weighted by Gasteiger charge is 2.59. The Balaban J connectivity index is 1.95. The molecule has 3 fully saturated rings. The molecular weight excluding hydrogens is 128 g/mol. The zero-order valence-electron chi connectivity index (χ0n) is 5.75. The number of carbonyl (C=O) groups is 1. The highest BCUT2D eigenvalue weighted by Crippen LogP contribution is 2.54. The smallest absolute Gasteiger partial charge is 0.313 e. The molecule has 0 N–H and O–H groups in total. The minimum absolute atomic E-state index is 0.0807. The van der Waals surface area contributed by atoms with Gasteiger partial charge in [-0.25, -0.2) is 0 Å². The molecular formula is C8H10O2. The zero-order chi connectivity index (χ0) is 6.72. The molecule has 3 rings (SSSR count). The van der Waals surface area contributed by atoms with Crippen molar-refractivity contribution < 1.29 is 9.53 Å². The summed E-state index contributed by atoms with van der Waals surface area (Å²) in [6.45, 7) is 0. The molecule has 0 radical (unpaired) electrons. The van der Waals surface area contributed by atoms with Gasteiger partial charge in [0.05, 0.1) is 5.92 Å². The van der Waals surface area contributed by atoms with E-state index in [-0.39, 0.29) is 5.97 Å². The lowest BCUT2D eigenvalue weighted by Gasteiger charge is -2.37. The molecule has 2 heteroatoms. The first-order valence-corrected chi connectivity index (χ1v) is 4.07. The summed E-state index contributed by atoms with van der Waals surface area (Å²) in [6, 6.07) is 0. The summed E-state index contributed by atoms with van der Waals surface area (Å²) in [5, 5.41) is 0. The average molecular weight is 138 g/mol. The van der Waals surface area contributed by atoms with Crippen LogP contribution in [0.5, 0.6) is 0 Å². The number of esters is 1. The highest BCUT2D eigenvalue weighted by molar-refractivity contribution is 5.80. The third-order valence-corrected chi connectivity index (χ3v) is 3.36. The SMILES string of the molecule is O=C1O[C@@H]2[C@H]3CC[C@H](C3)[C@H]12. The molecule has 4 atom stereocenters. The lowest BCUT2D eigenvalue weighted by Crippen LogP contribution is -2.48. The van der Waals surface area contributed by atoms with Gasteiger partial charge in [-0.3, -0.25) is 4.79 Å². The minimum atomic E-state index is 0.0807. The lowest BCUT2D eigenvalue weighted by molar-refractivity contribution is -0.190. The summed E-state index contributed by atoms with van der Waals surface area (Å²) < 4.78 is 5.06. The quantitative estimate of drug-likeness (QED) is 0.466. The Morgan fingerprint density at radius 2 is 2.10 bits per heavy atom. The van der Waals surface area contributed by atoms with E-state index in [4.69, 9.17) is 4.74 Å². The summed E-state index contributed by atoms with van der Waals surface area (Å²) in [4.78, 5) is 10.9. The van der Waals surface area contributed by atoms with Crippen LogP contribution in [0, 0.1) is 17.8 Å². The molecule has 2 nitrogen and oxygen atoms in total. The van der Waals surface area contributed by atoms with Crippen molar-refractivity contribution >= 4 is 5.97 Å². The Kier molecular flexibility index (Phi) is 0.715. The van der Waals surface area contributed by atoms with E-state index in [2.05, 4.69) is 0 Å². The molecule has 1 heterocycles. The molecule has 2 saturated carbocycles. The third-order valence-electron chi connectivity index (χ3n) is 3.36. The van der Waals surface area contributed by atoms with Crippen LogP contribution >= 0.6 is 0 Å². The maximum absolute atomic E-state index is 10.9. The summed E-state index contributed by atoms with van der Waals surface area (Å²) >= 11 is 0. The van der Waals surface area contributed by atoms with E-state index < -0.39 is 0 Å². The fourth-order valence-corrected chi connectivity index (χ4v) is 2.88. The van der Waals surface area contributed by atoms with Gasteiger partial charge in [0.25, 0.3) is 0 Å². The predicted molar refractivity (Wildman–Crippen MR) is 34.2 cm³/mol. The Morgan fingerprint density at radius 3 is 2.70 bits per heavy atom. The second-order valence-corrected chi connectivity index (χ2v) is 3.76. The Hall–Kier alpha value is -0.530. The molecule has 3 aliphatic rings. The van der Waals surface area contributed by atoms with Gasteiger partial charge in [0.15, 0.2) is 0 Å². The zero-order valence-corrected chi connectivity index (χ0v) is 5.75. The predicted octanol–water partition coefficient (Wildman–Crippen LogP) is 0.958. The molecule has 0 aromatic rings. The van der Waals surface area contributed by atoms with Gasteiger partial charge in [-0.1, -0.05) is 0 Å². The minimum Gasteiger partial charge on any atom is -0.461 e. The molecule has 10 heavy (non-hydrogen) atoms. The maximum Gasteiger partial charge on any atom is 0.313 e. The van der Waals surface area contributed by atoms with Crippen LogP contribution < -0.4 is 0 Å². The molecule has 2 bridgehead atoms. The van der Waals surface area contributed by atoms with E-state index in [0.29, 0.717) is 17.9 Å². The first-order valence-electron chi connectivity index (χ1n) is 4.07. The lowest BCUT2D eigenvalue weighted by atomic mass is 9.83. The fraction of sp³-hybridized carbons (Fsp3) is 0.875. The molecule has 1 saturated heterocycles. The van der Waals surface area contributed by atoms with Crippen molar-refractivity contribution in [2.45, 2.75) is 25.4 Å². The molecule has 0 aromatic heterocycles. The average Bonchev–Trinajstić information content (AvgIpc) is 2.40. The van der Waals surface area contributed by atoms with Crippen LogP contribution in [0.2, 0.25) is 0 Å². The Labute approximate surface area is 59.6 Å². The summed E-state index contributed by atoms with van der Waals surface area (Å²) in [5.41, 5.74) is 0. The monoisotopic (exact) mass is 138 g/mol. The van der Waals surface area contributed by atoms with Crippen molar-refractivity contribution in [3.63, 3.8) is 0 Å². The molecule has 0 unspecified atom stereocenters. The van der Waals surface area contributed by atoms with Crippen LogP contribution in [-0.2, 0) is 9.53 Å². The fourth-order valence-electron chi connectivity index (χ4n) is 2.88. The molecule has 0 spiro atoms. The van der Waals surface area contributed by atoms with Gasteiger partial charge in [0.1, 0.15) is 6.10 Å². The van der Waals surface area contributed by atoms with Gasteiger partial charge < -0.3 is 4.74 Å². The number of ether oxygens (including phenoxy) is 1. The standard InChI is InChI=1S/C8H10O2/c9-8-6-4-1-2-5(3-4)7(6)10-8/h4-7H,1-3H2/t4-,5+,6+,7-/m1/s1. The summed E-state index contributed by atoms with van der Waals surface area (Å²) in [6.07, 6.45) is 4.20. The van der Waals surface area contributed by atoms with Crippen LogP contribution in [0.25, 0.3) is 0 Å². The van der Waals surface area contributed by atoms with Crippen molar-refractivity contribution in [2.75, 3.05) is 0 Å². The first kappa shape index (κ1) is 5.16. The Bertz CT molecular complexity index is 197. The van der Waals surface area contributed by atoms with Crippen molar-refractivity contribution in [2.24, 2.45) is 17.8 Å². The van der Waals surface area contributed by atoms with Crippen molar-refractivity contribution in [1.29, 1.82) is 0 Å². The van der Waals surface area contributed by atoms with Crippen LogP contribution in [0.4, 0.5) is 0 Å². The normalized spacial score (nSPS) is 55.8. The Morgan fingerprint density at radius 1 is 1.30 bits per heavy atom. The van der Waals surface area contributed by atoms with E-state index in [1.807, 2.05) is 0 Å². The second-order valence-electron chi connectivity index (χ2n) is 3.76. The van der Waals surface area contributed by atoms with Crippen LogP contribution in [-0.4, -0.2) is 12.1 Å². The van der Waals surface area contributed by atoms with Crippen molar-refractivity contribution in [3.05, 3.63) is 0 Å². The largest absolute Gasteiger partial charge is 0.461 e. The van der Waals surface area contributed by atoms with E-state index in [1.54, 1.807) is 0 Å². The van der Waals surface area contributed by atoms with E-state index >= 15 is 0 Å². The van der Waals surface area contributed by atoms with Gasteiger partial charge in [0.2, 0.25) is 0 Å². The van der Waals surface area contributed by atoms with Crippen molar-refractivity contribution in [3.8, 4) is 0 Å². The first-order chi connectivity index (χ1) is 4.86. The number of hydrogen-bond donors (Lipinski definition) is 0. The molecule has 54 valence electrons. The number of fused-ring (bicyclic) bond motifs is 5. The third kappa shape index (κ3) is 0.386. The van der Waals surface area contributed by atoms with Crippen LogP contribution in [0.15, 0.2) is 0 Å². The maximum atomic E-state index is 10.9. The molecule has 2 aliphatic carbocycles. The topological polar surface area (TPSA) is 26.3 Å². The van der Waals surface area contributed by atoms with Crippen LogP contribution in [0.3, 0.4) is 0 Å². The van der Waals surface area contributed by atoms with Gasteiger partial charge in [-0.2, -0.15) is 0 Å². The van der Waals surface area contributed by atoms with E-state index in [1.165, 1.54) is 19.3 Å². The number of rotatable bonds is 0. The number of carbonyl (C=O) groups excluding carboxylic acids is 1.